The minimum absolute atomic E-state index is 0.0483. The molecule has 0 amide bonds. The molecule has 1 atom stereocenters. The van der Waals surface area contributed by atoms with Crippen molar-refractivity contribution in [3.8, 4) is 0 Å². The minimum atomic E-state index is 0.0483. The lowest BCUT2D eigenvalue weighted by Crippen LogP contribution is -2.28. The molecule has 0 aliphatic heterocycles. The average Bonchev–Trinajstić information content (AvgIpc) is 2.40. The van der Waals surface area contributed by atoms with Crippen molar-refractivity contribution in [3.05, 3.63) is 71.3 Å². The molecule has 0 aliphatic rings. The third kappa shape index (κ3) is 4.86. The summed E-state index contributed by atoms with van der Waals surface area (Å²) in [7, 11) is 0. The van der Waals surface area contributed by atoms with Crippen LogP contribution in [-0.2, 0) is 17.8 Å². The third-order valence-corrected chi connectivity index (χ3v) is 3.02. The second-order valence-corrected chi connectivity index (χ2v) is 4.95. The topological polar surface area (TPSA) is 35.2 Å². The van der Waals surface area contributed by atoms with Gasteiger partial charge in [0.15, 0.2) is 0 Å². The number of hydrogen-bond acceptors (Lipinski definition) is 2. The normalized spacial score (nSPS) is 12.3. The first kappa shape index (κ1) is 13.8. The SMILES string of the molecule is Cc1cccc(COC[C@@H](N)Cc2ccccc2)c1. The van der Waals surface area contributed by atoms with Crippen LogP contribution in [0.3, 0.4) is 0 Å². The fourth-order valence-electron chi connectivity index (χ4n) is 2.11. The van der Waals surface area contributed by atoms with E-state index in [0.29, 0.717) is 13.2 Å². The Bertz CT molecular complexity index is 496. The Morgan fingerprint density at radius 2 is 1.74 bits per heavy atom. The fraction of sp³-hybridized carbons (Fsp3) is 0.294. The van der Waals surface area contributed by atoms with Gasteiger partial charge in [-0.05, 0) is 24.5 Å². The Morgan fingerprint density at radius 3 is 2.47 bits per heavy atom. The summed E-state index contributed by atoms with van der Waals surface area (Å²) in [6, 6.07) is 18.7. The van der Waals surface area contributed by atoms with Crippen molar-refractivity contribution in [2.45, 2.75) is 26.0 Å². The summed E-state index contributed by atoms with van der Waals surface area (Å²) in [4.78, 5) is 0. The zero-order valence-corrected chi connectivity index (χ0v) is 11.4. The first-order valence-corrected chi connectivity index (χ1v) is 6.67. The molecule has 100 valence electrons. The second kappa shape index (κ2) is 7.07. The molecule has 2 heteroatoms. The molecule has 0 spiro atoms. The second-order valence-electron chi connectivity index (χ2n) is 4.95. The number of hydrogen-bond donors (Lipinski definition) is 1. The average molecular weight is 255 g/mol. The van der Waals surface area contributed by atoms with Crippen molar-refractivity contribution >= 4 is 0 Å². The zero-order valence-electron chi connectivity index (χ0n) is 11.4. The molecule has 0 unspecified atom stereocenters. The van der Waals surface area contributed by atoms with Crippen LogP contribution in [0.4, 0.5) is 0 Å². The predicted octanol–water partition coefficient (Wildman–Crippen LogP) is 3.08. The number of nitrogens with two attached hydrogens (primary N) is 1. The number of aryl methyl sites for hydroxylation is 1. The first-order valence-electron chi connectivity index (χ1n) is 6.67. The van der Waals surface area contributed by atoms with Gasteiger partial charge >= 0.3 is 0 Å². The van der Waals surface area contributed by atoms with Crippen LogP contribution in [-0.4, -0.2) is 12.6 Å². The van der Waals surface area contributed by atoms with Crippen molar-refractivity contribution in [1.29, 1.82) is 0 Å². The summed E-state index contributed by atoms with van der Waals surface area (Å²) in [6.45, 7) is 3.30. The Balaban J connectivity index is 1.73. The van der Waals surface area contributed by atoms with Crippen LogP contribution in [0, 0.1) is 6.92 Å². The molecule has 2 rings (SSSR count). The molecule has 2 aromatic rings. The van der Waals surface area contributed by atoms with E-state index < -0.39 is 0 Å². The van der Waals surface area contributed by atoms with Crippen molar-refractivity contribution in [3.63, 3.8) is 0 Å². The van der Waals surface area contributed by atoms with Crippen molar-refractivity contribution in [1.82, 2.24) is 0 Å². The van der Waals surface area contributed by atoms with E-state index in [9.17, 15) is 0 Å². The molecule has 0 radical (unpaired) electrons. The summed E-state index contributed by atoms with van der Waals surface area (Å²) in [5, 5.41) is 0. The Kier molecular flexibility index (Phi) is 5.13. The Morgan fingerprint density at radius 1 is 1.00 bits per heavy atom. The van der Waals surface area contributed by atoms with Crippen LogP contribution in [0.5, 0.6) is 0 Å². The van der Waals surface area contributed by atoms with Crippen LogP contribution in [0.2, 0.25) is 0 Å². The first-order chi connectivity index (χ1) is 9.24. The number of benzene rings is 2. The van der Waals surface area contributed by atoms with E-state index in [1.54, 1.807) is 0 Å². The lowest BCUT2D eigenvalue weighted by Gasteiger charge is -2.12. The largest absolute Gasteiger partial charge is 0.375 e. The quantitative estimate of drug-likeness (QED) is 0.861. The predicted molar refractivity (Wildman–Crippen MR) is 79.0 cm³/mol. The van der Waals surface area contributed by atoms with Gasteiger partial charge in [-0.1, -0.05) is 60.2 Å². The summed E-state index contributed by atoms with van der Waals surface area (Å²) in [6.07, 6.45) is 0.856. The highest BCUT2D eigenvalue weighted by Crippen LogP contribution is 2.06. The fourth-order valence-corrected chi connectivity index (χ4v) is 2.11. The van der Waals surface area contributed by atoms with E-state index >= 15 is 0 Å². The lowest BCUT2D eigenvalue weighted by atomic mass is 10.1. The van der Waals surface area contributed by atoms with Gasteiger partial charge in [0.1, 0.15) is 0 Å². The summed E-state index contributed by atoms with van der Waals surface area (Å²) in [5.41, 5.74) is 9.79. The minimum Gasteiger partial charge on any atom is -0.375 e. The molecule has 0 aromatic heterocycles. The van der Waals surface area contributed by atoms with Gasteiger partial charge in [-0.15, -0.1) is 0 Å². The molecule has 0 saturated heterocycles. The molecular formula is C17H21NO. The van der Waals surface area contributed by atoms with Crippen molar-refractivity contribution < 1.29 is 4.74 Å². The highest BCUT2D eigenvalue weighted by Gasteiger charge is 2.04. The monoisotopic (exact) mass is 255 g/mol. The van der Waals surface area contributed by atoms with Gasteiger partial charge in [-0.25, -0.2) is 0 Å². The smallest absolute Gasteiger partial charge is 0.0717 e. The van der Waals surface area contributed by atoms with E-state index in [1.165, 1.54) is 16.7 Å². The van der Waals surface area contributed by atoms with Crippen molar-refractivity contribution in [2.24, 2.45) is 5.73 Å². The molecule has 0 bridgehead atoms. The molecule has 0 aliphatic carbocycles. The molecule has 2 aromatic carbocycles. The third-order valence-electron chi connectivity index (χ3n) is 3.02. The van der Waals surface area contributed by atoms with Gasteiger partial charge in [0.2, 0.25) is 0 Å². The van der Waals surface area contributed by atoms with Crippen LogP contribution in [0.1, 0.15) is 16.7 Å². The Labute approximate surface area is 115 Å². The molecule has 2 nitrogen and oxygen atoms in total. The van der Waals surface area contributed by atoms with Crippen LogP contribution in [0.25, 0.3) is 0 Å². The van der Waals surface area contributed by atoms with E-state index in [0.717, 1.165) is 6.42 Å². The molecule has 0 heterocycles. The standard InChI is InChI=1S/C17H21NO/c1-14-6-5-9-16(10-14)12-19-13-17(18)11-15-7-3-2-4-8-15/h2-10,17H,11-13,18H2,1H3/t17-/m0/s1. The zero-order chi connectivity index (χ0) is 13.5. The highest BCUT2D eigenvalue weighted by molar-refractivity contribution is 5.21. The molecule has 0 saturated carbocycles. The van der Waals surface area contributed by atoms with Gasteiger partial charge in [-0.2, -0.15) is 0 Å². The molecular weight excluding hydrogens is 234 g/mol. The van der Waals surface area contributed by atoms with Crippen molar-refractivity contribution in [2.75, 3.05) is 6.61 Å². The van der Waals surface area contributed by atoms with Crippen LogP contribution < -0.4 is 5.73 Å². The van der Waals surface area contributed by atoms with Crippen LogP contribution >= 0.6 is 0 Å². The maximum Gasteiger partial charge on any atom is 0.0717 e. The van der Waals surface area contributed by atoms with E-state index in [1.807, 2.05) is 18.2 Å². The maximum atomic E-state index is 6.07. The van der Waals surface area contributed by atoms with E-state index in [2.05, 4.69) is 43.3 Å². The van der Waals surface area contributed by atoms with E-state index in [4.69, 9.17) is 10.5 Å². The van der Waals surface area contributed by atoms with Gasteiger partial charge in [0.05, 0.1) is 13.2 Å². The van der Waals surface area contributed by atoms with Gasteiger partial charge in [0, 0.05) is 6.04 Å². The molecule has 19 heavy (non-hydrogen) atoms. The number of ether oxygens (including phenoxy) is 1. The lowest BCUT2D eigenvalue weighted by molar-refractivity contribution is 0.108. The summed E-state index contributed by atoms with van der Waals surface area (Å²) < 4.78 is 5.68. The van der Waals surface area contributed by atoms with Crippen LogP contribution in [0.15, 0.2) is 54.6 Å². The summed E-state index contributed by atoms with van der Waals surface area (Å²) >= 11 is 0. The van der Waals surface area contributed by atoms with E-state index in [-0.39, 0.29) is 6.04 Å². The van der Waals surface area contributed by atoms with Gasteiger partial charge in [0.25, 0.3) is 0 Å². The Hall–Kier alpha value is -1.64. The number of rotatable bonds is 6. The summed E-state index contributed by atoms with van der Waals surface area (Å²) in [5.74, 6) is 0. The maximum absolute atomic E-state index is 6.07. The molecule has 0 fully saturated rings. The van der Waals surface area contributed by atoms with Gasteiger partial charge < -0.3 is 10.5 Å². The highest BCUT2D eigenvalue weighted by atomic mass is 16.5. The molecule has 2 N–H and O–H groups in total. The van der Waals surface area contributed by atoms with Gasteiger partial charge in [-0.3, -0.25) is 0 Å².